The zero-order valence-corrected chi connectivity index (χ0v) is 9.80. The highest BCUT2D eigenvalue weighted by Gasteiger charge is 2.21. The zero-order valence-electron chi connectivity index (χ0n) is 9.80. The summed E-state index contributed by atoms with van der Waals surface area (Å²) in [6.45, 7) is 4.31. The van der Waals surface area contributed by atoms with E-state index in [9.17, 15) is 5.11 Å². The summed E-state index contributed by atoms with van der Waals surface area (Å²) >= 11 is 0. The summed E-state index contributed by atoms with van der Waals surface area (Å²) < 4.78 is 0. The molecular weight excluding hydrogens is 198 g/mol. The van der Waals surface area contributed by atoms with E-state index in [1.54, 1.807) is 0 Å². The van der Waals surface area contributed by atoms with Gasteiger partial charge in [0.1, 0.15) is 0 Å². The van der Waals surface area contributed by atoms with E-state index in [0.29, 0.717) is 0 Å². The molecule has 1 aliphatic rings. The van der Waals surface area contributed by atoms with Gasteiger partial charge in [-0.15, -0.1) is 0 Å². The van der Waals surface area contributed by atoms with Gasteiger partial charge in [-0.05, 0) is 43.4 Å². The highest BCUT2D eigenvalue weighted by molar-refractivity contribution is 5.88. The number of aliphatic hydroxyl groups is 1. The van der Waals surface area contributed by atoms with E-state index in [1.165, 1.54) is 33.3 Å². The maximum Gasteiger partial charge on any atom is 0.0585 e. The molecule has 1 atom stereocenters. The Morgan fingerprint density at radius 2 is 2.12 bits per heavy atom. The van der Waals surface area contributed by atoms with Gasteiger partial charge >= 0.3 is 0 Å². The van der Waals surface area contributed by atoms with Crippen LogP contribution in [0.5, 0.6) is 0 Å². The molecule has 1 unspecified atom stereocenters. The predicted molar refractivity (Wildman–Crippen MR) is 65.8 cm³/mol. The Balaban J connectivity index is 2.29. The zero-order chi connectivity index (χ0) is 11.3. The molecule has 16 heavy (non-hydrogen) atoms. The third-order valence-electron chi connectivity index (χ3n) is 3.87. The third-order valence-corrected chi connectivity index (χ3v) is 3.87. The number of rotatable bonds is 0. The van der Waals surface area contributed by atoms with Gasteiger partial charge in [-0.3, -0.25) is 0 Å². The van der Waals surface area contributed by atoms with E-state index < -0.39 is 0 Å². The second kappa shape index (κ2) is 3.36. The van der Waals surface area contributed by atoms with Crippen molar-refractivity contribution < 1.29 is 5.11 Å². The smallest absolute Gasteiger partial charge is 0.0585 e. The van der Waals surface area contributed by atoms with Gasteiger partial charge in [-0.25, -0.2) is 0 Å². The number of aromatic amines is 1. The number of fused-ring (bicyclic) bond motifs is 3. The van der Waals surface area contributed by atoms with Crippen LogP contribution in [0.2, 0.25) is 0 Å². The Bertz CT molecular complexity index is 553. The number of H-pyrrole nitrogens is 1. The van der Waals surface area contributed by atoms with E-state index in [-0.39, 0.29) is 6.10 Å². The molecule has 84 valence electrons. The van der Waals surface area contributed by atoms with Crippen molar-refractivity contribution in [1.82, 2.24) is 4.98 Å². The summed E-state index contributed by atoms with van der Waals surface area (Å²) in [4.78, 5) is 3.53. The van der Waals surface area contributed by atoms with Crippen LogP contribution in [0.3, 0.4) is 0 Å². The monoisotopic (exact) mass is 215 g/mol. The van der Waals surface area contributed by atoms with E-state index in [4.69, 9.17) is 0 Å². The van der Waals surface area contributed by atoms with Crippen LogP contribution in [0.4, 0.5) is 0 Å². The molecule has 0 spiro atoms. The Morgan fingerprint density at radius 1 is 1.31 bits per heavy atom. The second-order valence-corrected chi connectivity index (χ2v) is 4.91. The Hall–Kier alpha value is -1.28. The second-order valence-electron chi connectivity index (χ2n) is 4.91. The lowest BCUT2D eigenvalue weighted by Gasteiger charge is -2.17. The number of aliphatic hydroxyl groups excluding tert-OH is 1. The quantitative estimate of drug-likeness (QED) is 0.696. The maximum atomic E-state index is 9.74. The molecule has 2 aromatic rings. The van der Waals surface area contributed by atoms with E-state index in [1.807, 2.05) is 0 Å². The van der Waals surface area contributed by atoms with Crippen LogP contribution in [0.1, 0.15) is 28.8 Å². The molecule has 2 N–H and O–H groups in total. The van der Waals surface area contributed by atoms with Crippen molar-refractivity contribution in [3.63, 3.8) is 0 Å². The first-order valence-electron chi connectivity index (χ1n) is 5.94. The first kappa shape index (κ1) is 9.91. The number of nitrogens with one attached hydrogen (secondary N) is 1. The van der Waals surface area contributed by atoms with Gasteiger partial charge in [0, 0.05) is 23.0 Å². The van der Waals surface area contributed by atoms with E-state index in [2.05, 4.69) is 31.0 Å². The van der Waals surface area contributed by atoms with Crippen molar-refractivity contribution in [1.29, 1.82) is 0 Å². The molecule has 0 saturated heterocycles. The molecular formula is C14H17NO. The van der Waals surface area contributed by atoms with Crippen molar-refractivity contribution >= 4 is 10.9 Å². The number of hydrogen-bond acceptors (Lipinski definition) is 1. The van der Waals surface area contributed by atoms with E-state index >= 15 is 0 Å². The standard InChI is InChI=1S/C14H17NO/c1-8-3-5-11-12-7-10(16)4-6-13(12)15-14(11)9(8)2/h3,5,10,15-16H,4,6-7H2,1-2H3. The Labute approximate surface area is 95.3 Å². The molecule has 0 radical (unpaired) electrons. The number of benzene rings is 1. The van der Waals surface area contributed by atoms with Gasteiger partial charge in [0.15, 0.2) is 0 Å². The topological polar surface area (TPSA) is 36.0 Å². The largest absolute Gasteiger partial charge is 0.393 e. The fourth-order valence-corrected chi connectivity index (χ4v) is 2.71. The van der Waals surface area contributed by atoms with Crippen LogP contribution < -0.4 is 0 Å². The molecule has 0 aliphatic heterocycles. The van der Waals surface area contributed by atoms with Crippen LogP contribution in [0, 0.1) is 13.8 Å². The normalized spacial score (nSPS) is 20.1. The van der Waals surface area contributed by atoms with Crippen molar-refractivity contribution in [3.8, 4) is 0 Å². The molecule has 0 bridgehead atoms. The highest BCUT2D eigenvalue weighted by Crippen LogP contribution is 2.31. The summed E-state index contributed by atoms with van der Waals surface area (Å²) in [6, 6.07) is 4.36. The molecule has 0 saturated carbocycles. The summed E-state index contributed by atoms with van der Waals surface area (Å²) in [5.74, 6) is 0. The lowest BCUT2D eigenvalue weighted by Crippen LogP contribution is -2.17. The van der Waals surface area contributed by atoms with Gasteiger partial charge in [0.25, 0.3) is 0 Å². The highest BCUT2D eigenvalue weighted by atomic mass is 16.3. The van der Waals surface area contributed by atoms with Crippen molar-refractivity contribution in [2.24, 2.45) is 0 Å². The minimum Gasteiger partial charge on any atom is -0.393 e. The average molecular weight is 215 g/mol. The molecule has 2 heteroatoms. The Kier molecular flexibility index (Phi) is 2.08. The minimum atomic E-state index is -0.159. The number of aryl methyl sites for hydroxylation is 3. The van der Waals surface area contributed by atoms with E-state index in [0.717, 1.165) is 19.3 Å². The van der Waals surface area contributed by atoms with Crippen LogP contribution in [0.15, 0.2) is 12.1 Å². The maximum absolute atomic E-state index is 9.74. The summed E-state index contributed by atoms with van der Waals surface area (Å²) in [6.07, 6.45) is 2.51. The molecule has 1 heterocycles. The third kappa shape index (κ3) is 1.30. The fourth-order valence-electron chi connectivity index (χ4n) is 2.71. The molecule has 1 aromatic carbocycles. The SMILES string of the molecule is Cc1ccc2c3c([nH]c2c1C)CCC(O)C3. The van der Waals surface area contributed by atoms with Gasteiger partial charge in [-0.2, -0.15) is 0 Å². The van der Waals surface area contributed by atoms with Crippen LogP contribution in [-0.4, -0.2) is 16.2 Å². The molecule has 0 fully saturated rings. The molecule has 0 amide bonds. The number of hydrogen-bond donors (Lipinski definition) is 2. The van der Waals surface area contributed by atoms with Crippen LogP contribution >= 0.6 is 0 Å². The molecule has 1 aromatic heterocycles. The lowest BCUT2D eigenvalue weighted by atomic mass is 9.93. The van der Waals surface area contributed by atoms with Crippen LogP contribution in [-0.2, 0) is 12.8 Å². The minimum absolute atomic E-state index is 0.159. The van der Waals surface area contributed by atoms with Crippen LogP contribution in [0.25, 0.3) is 10.9 Å². The molecule has 3 rings (SSSR count). The first-order chi connectivity index (χ1) is 7.66. The lowest BCUT2D eigenvalue weighted by molar-refractivity contribution is 0.158. The van der Waals surface area contributed by atoms with Gasteiger partial charge in [-0.1, -0.05) is 12.1 Å². The van der Waals surface area contributed by atoms with Gasteiger partial charge in [0.2, 0.25) is 0 Å². The van der Waals surface area contributed by atoms with Crippen molar-refractivity contribution in [3.05, 3.63) is 34.5 Å². The van der Waals surface area contributed by atoms with Gasteiger partial charge in [0.05, 0.1) is 6.10 Å². The molecule has 2 nitrogen and oxygen atoms in total. The summed E-state index contributed by atoms with van der Waals surface area (Å²) in [5, 5.41) is 11.0. The predicted octanol–water partition coefficient (Wildman–Crippen LogP) is 2.63. The summed E-state index contributed by atoms with van der Waals surface area (Å²) in [5.41, 5.74) is 6.58. The number of aromatic nitrogens is 1. The van der Waals surface area contributed by atoms with Crippen molar-refractivity contribution in [2.75, 3.05) is 0 Å². The first-order valence-corrected chi connectivity index (χ1v) is 5.94. The molecule has 1 aliphatic carbocycles. The van der Waals surface area contributed by atoms with Crippen molar-refractivity contribution in [2.45, 2.75) is 39.2 Å². The fraction of sp³-hybridized carbons (Fsp3) is 0.429. The summed E-state index contributed by atoms with van der Waals surface area (Å²) in [7, 11) is 0. The Morgan fingerprint density at radius 3 is 2.94 bits per heavy atom. The average Bonchev–Trinajstić information content (AvgIpc) is 2.62. The van der Waals surface area contributed by atoms with Gasteiger partial charge < -0.3 is 10.1 Å².